The lowest BCUT2D eigenvalue weighted by molar-refractivity contribution is 0.393. The van der Waals surface area contributed by atoms with E-state index >= 15 is 0 Å². The van der Waals surface area contributed by atoms with E-state index in [2.05, 4.69) is 15.1 Å². The van der Waals surface area contributed by atoms with Crippen LogP contribution in [0, 0.1) is 20.8 Å². The topological polar surface area (TPSA) is 85.9 Å². The number of H-pyrrole nitrogens is 1. The third-order valence-corrected chi connectivity index (χ3v) is 4.80. The number of fused-ring (bicyclic) bond motifs is 1. The van der Waals surface area contributed by atoms with Crippen molar-refractivity contribution in [2.24, 2.45) is 7.05 Å². The Labute approximate surface area is 155 Å². The van der Waals surface area contributed by atoms with Gasteiger partial charge >= 0.3 is 5.69 Å². The largest absolute Gasteiger partial charge is 0.481 e. The number of ether oxygens (including phenoxy) is 1. The minimum absolute atomic E-state index is 0.179. The lowest BCUT2D eigenvalue weighted by Crippen LogP contribution is -2.12. The molecular formula is C20H20N4O3. The van der Waals surface area contributed by atoms with Crippen molar-refractivity contribution in [3.8, 4) is 28.1 Å². The Hall–Kier alpha value is -3.35. The molecule has 0 saturated heterocycles. The van der Waals surface area contributed by atoms with Gasteiger partial charge in [0.25, 0.3) is 0 Å². The summed E-state index contributed by atoms with van der Waals surface area (Å²) in [4.78, 5) is 19.7. The highest BCUT2D eigenvalue weighted by molar-refractivity contribution is 5.97. The van der Waals surface area contributed by atoms with Crippen molar-refractivity contribution in [3.63, 3.8) is 0 Å². The van der Waals surface area contributed by atoms with Crippen molar-refractivity contribution < 1.29 is 9.26 Å². The van der Waals surface area contributed by atoms with Gasteiger partial charge in [0.2, 0.25) is 5.88 Å². The summed E-state index contributed by atoms with van der Waals surface area (Å²) < 4.78 is 12.4. The predicted octanol–water partition coefficient (Wildman–Crippen LogP) is 3.52. The van der Waals surface area contributed by atoms with E-state index in [1.165, 1.54) is 0 Å². The van der Waals surface area contributed by atoms with Crippen LogP contribution in [0.15, 0.2) is 33.6 Å². The molecule has 0 atom stereocenters. The smallest absolute Gasteiger partial charge is 0.326 e. The first kappa shape index (κ1) is 17.1. The first-order valence-corrected chi connectivity index (χ1v) is 8.58. The molecule has 1 aromatic carbocycles. The normalized spacial score (nSPS) is 11.3. The van der Waals surface area contributed by atoms with Crippen LogP contribution in [0.2, 0.25) is 0 Å². The number of hydrogen-bond donors (Lipinski definition) is 1. The number of aryl methyl sites for hydroxylation is 4. The van der Waals surface area contributed by atoms with Crippen LogP contribution >= 0.6 is 0 Å². The Balaban J connectivity index is 2.12. The van der Waals surface area contributed by atoms with Gasteiger partial charge in [-0.1, -0.05) is 5.16 Å². The zero-order valence-corrected chi connectivity index (χ0v) is 15.9. The van der Waals surface area contributed by atoms with Crippen LogP contribution < -0.4 is 10.4 Å². The van der Waals surface area contributed by atoms with Crippen LogP contribution in [0.5, 0.6) is 5.88 Å². The highest BCUT2D eigenvalue weighted by atomic mass is 16.5. The van der Waals surface area contributed by atoms with E-state index in [1.54, 1.807) is 18.7 Å². The molecule has 0 radical (unpaired) electrons. The Bertz CT molecular complexity index is 1210. The number of nitrogens with zero attached hydrogens (tertiary/aromatic N) is 3. The number of methoxy groups -OCH3 is 1. The second-order valence-electron chi connectivity index (χ2n) is 6.62. The summed E-state index contributed by atoms with van der Waals surface area (Å²) in [6.07, 6.45) is 0. The highest BCUT2D eigenvalue weighted by Crippen LogP contribution is 2.38. The lowest BCUT2D eigenvalue weighted by Gasteiger charge is -2.12. The van der Waals surface area contributed by atoms with E-state index in [0.717, 1.165) is 50.4 Å². The summed E-state index contributed by atoms with van der Waals surface area (Å²) >= 11 is 0. The number of imidazole rings is 1. The maximum atomic E-state index is 12.3. The summed E-state index contributed by atoms with van der Waals surface area (Å²) in [5.41, 5.74) is 6.50. The van der Waals surface area contributed by atoms with Crippen molar-refractivity contribution in [1.82, 2.24) is 19.7 Å². The molecule has 0 aliphatic rings. The molecule has 0 spiro atoms. The van der Waals surface area contributed by atoms with Crippen molar-refractivity contribution in [3.05, 3.63) is 51.9 Å². The van der Waals surface area contributed by atoms with Crippen LogP contribution in [0.1, 0.15) is 17.1 Å². The second kappa shape index (κ2) is 6.12. The van der Waals surface area contributed by atoms with E-state index in [1.807, 2.05) is 45.0 Å². The molecule has 0 bridgehead atoms. The van der Waals surface area contributed by atoms with Gasteiger partial charge < -0.3 is 14.2 Å². The van der Waals surface area contributed by atoms with Gasteiger partial charge in [0, 0.05) is 29.4 Å². The molecule has 27 heavy (non-hydrogen) atoms. The van der Waals surface area contributed by atoms with Crippen LogP contribution in [0.3, 0.4) is 0 Å². The Morgan fingerprint density at radius 1 is 1.15 bits per heavy atom. The Kier molecular flexibility index (Phi) is 3.87. The average molecular weight is 364 g/mol. The van der Waals surface area contributed by atoms with Gasteiger partial charge in [0.1, 0.15) is 5.76 Å². The fourth-order valence-corrected chi connectivity index (χ4v) is 3.53. The molecule has 7 nitrogen and oxygen atoms in total. The highest BCUT2D eigenvalue weighted by Gasteiger charge is 2.20. The van der Waals surface area contributed by atoms with E-state index in [-0.39, 0.29) is 5.69 Å². The molecule has 0 saturated carbocycles. The minimum atomic E-state index is -0.179. The van der Waals surface area contributed by atoms with Crippen molar-refractivity contribution in [2.45, 2.75) is 20.8 Å². The number of benzene rings is 1. The first-order chi connectivity index (χ1) is 12.9. The SMILES string of the molecule is COc1nc(C)ccc1-c1cc(-c2c(C)noc2C)cc2[nH]c(=O)n(C)c12. The third kappa shape index (κ3) is 2.63. The second-order valence-corrected chi connectivity index (χ2v) is 6.62. The molecule has 0 aliphatic carbocycles. The number of aromatic amines is 1. The van der Waals surface area contributed by atoms with Gasteiger partial charge in [-0.15, -0.1) is 0 Å². The van der Waals surface area contributed by atoms with E-state index in [0.29, 0.717) is 5.88 Å². The monoisotopic (exact) mass is 364 g/mol. The predicted molar refractivity (Wildman–Crippen MR) is 103 cm³/mol. The zero-order chi connectivity index (χ0) is 19.3. The number of hydrogen-bond acceptors (Lipinski definition) is 5. The minimum Gasteiger partial charge on any atom is -0.481 e. The van der Waals surface area contributed by atoms with Crippen molar-refractivity contribution >= 4 is 11.0 Å². The zero-order valence-electron chi connectivity index (χ0n) is 15.9. The maximum absolute atomic E-state index is 12.3. The lowest BCUT2D eigenvalue weighted by atomic mass is 9.97. The van der Waals surface area contributed by atoms with Crippen LogP contribution in [0.25, 0.3) is 33.3 Å². The third-order valence-electron chi connectivity index (χ3n) is 4.80. The van der Waals surface area contributed by atoms with Crippen LogP contribution in [0.4, 0.5) is 0 Å². The van der Waals surface area contributed by atoms with Gasteiger partial charge in [0.05, 0.1) is 23.8 Å². The molecule has 4 rings (SSSR count). The molecule has 0 unspecified atom stereocenters. The van der Waals surface area contributed by atoms with Gasteiger partial charge in [-0.05, 0) is 50.6 Å². The first-order valence-electron chi connectivity index (χ1n) is 8.58. The van der Waals surface area contributed by atoms with E-state index in [9.17, 15) is 4.79 Å². The summed E-state index contributed by atoms with van der Waals surface area (Å²) in [6.45, 7) is 5.69. The Morgan fingerprint density at radius 3 is 2.59 bits per heavy atom. The number of aromatic nitrogens is 4. The molecule has 3 heterocycles. The fourth-order valence-electron chi connectivity index (χ4n) is 3.53. The number of rotatable bonds is 3. The molecule has 1 N–H and O–H groups in total. The van der Waals surface area contributed by atoms with Crippen LogP contribution in [-0.4, -0.2) is 26.8 Å². The number of nitrogens with one attached hydrogen (secondary N) is 1. The van der Waals surface area contributed by atoms with Crippen LogP contribution in [-0.2, 0) is 7.05 Å². The quantitative estimate of drug-likeness (QED) is 0.601. The molecule has 0 fully saturated rings. The summed E-state index contributed by atoms with van der Waals surface area (Å²) in [5.74, 6) is 1.24. The molecular weight excluding hydrogens is 344 g/mol. The van der Waals surface area contributed by atoms with Crippen molar-refractivity contribution in [1.29, 1.82) is 0 Å². The fraction of sp³-hybridized carbons (Fsp3) is 0.250. The van der Waals surface area contributed by atoms with E-state index in [4.69, 9.17) is 9.26 Å². The summed E-state index contributed by atoms with van der Waals surface area (Å²) in [5, 5.41) is 4.05. The van der Waals surface area contributed by atoms with Gasteiger partial charge in [-0.3, -0.25) is 4.57 Å². The molecule has 0 amide bonds. The molecule has 4 aromatic rings. The maximum Gasteiger partial charge on any atom is 0.326 e. The van der Waals surface area contributed by atoms with Gasteiger partial charge in [-0.25, -0.2) is 9.78 Å². The summed E-state index contributed by atoms with van der Waals surface area (Å²) in [7, 11) is 3.34. The van der Waals surface area contributed by atoms with E-state index < -0.39 is 0 Å². The summed E-state index contributed by atoms with van der Waals surface area (Å²) in [6, 6.07) is 7.86. The molecule has 0 aliphatic heterocycles. The molecule has 7 heteroatoms. The number of pyridine rings is 1. The standard InChI is InChI=1S/C20H20N4O3/c1-10-6-7-14(19(21-10)26-5)15-8-13(17-11(2)23-27-12(17)3)9-16-18(15)24(4)20(25)22-16/h6-9H,1-5H3,(H,22,25). The van der Waals surface area contributed by atoms with Gasteiger partial charge in [0.15, 0.2) is 0 Å². The van der Waals surface area contributed by atoms with Gasteiger partial charge in [-0.2, -0.15) is 0 Å². The Morgan fingerprint density at radius 2 is 1.93 bits per heavy atom. The molecule has 3 aromatic heterocycles. The average Bonchev–Trinajstić information content (AvgIpc) is 3.12. The van der Waals surface area contributed by atoms with Crippen molar-refractivity contribution in [2.75, 3.05) is 7.11 Å². The molecule has 138 valence electrons.